The first kappa shape index (κ1) is 21.5. The molecule has 1 amide bonds. The molecule has 0 heterocycles. The first-order valence-corrected chi connectivity index (χ1v) is 9.88. The van der Waals surface area contributed by atoms with Crippen LogP contribution in [0.25, 0.3) is 0 Å². The van der Waals surface area contributed by atoms with Crippen LogP contribution in [0.4, 0.5) is 0 Å². The largest absolute Gasteiger partial charge is 0.493 e. The van der Waals surface area contributed by atoms with E-state index < -0.39 is 16.1 Å². The number of methoxy groups -OCH3 is 3. The third-order valence-electron chi connectivity index (χ3n) is 4.48. The van der Waals surface area contributed by atoms with Crippen molar-refractivity contribution in [1.82, 2.24) is 4.90 Å². The molecule has 2 aromatic rings. The molecule has 2 aromatic carbocycles. The first-order chi connectivity index (χ1) is 13.1. The van der Waals surface area contributed by atoms with Crippen LogP contribution in [-0.2, 0) is 10.0 Å². The number of nitrogens with two attached hydrogens (primary N) is 1. The van der Waals surface area contributed by atoms with Gasteiger partial charge in [-0.15, -0.1) is 0 Å². The molecule has 9 heteroatoms. The molecule has 0 saturated heterocycles. The molecule has 0 aliphatic carbocycles. The van der Waals surface area contributed by atoms with Crippen LogP contribution < -0.4 is 19.3 Å². The fourth-order valence-corrected chi connectivity index (χ4v) is 3.33. The molecule has 0 bridgehead atoms. The molecule has 8 nitrogen and oxygen atoms in total. The maximum Gasteiger partial charge on any atom is 0.254 e. The van der Waals surface area contributed by atoms with Gasteiger partial charge in [0.05, 0.1) is 32.3 Å². The topological polar surface area (TPSA) is 108 Å². The average Bonchev–Trinajstić information content (AvgIpc) is 2.70. The number of carbonyl (C=O) groups is 1. The highest BCUT2D eigenvalue weighted by molar-refractivity contribution is 7.89. The lowest BCUT2D eigenvalue weighted by atomic mass is 10.1. The van der Waals surface area contributed by atoms with Crippen LogP contribution in [0, 0.1) is 0 Å². The van der Waals surface area contributed by atoms with Crippen LogP contribution >= 0.6 is 0 Å². The Labute approximate surface area is 164 Å². The van der Waals surface area contributed by atoms with Crippen LogP contribution in [-0.4, -0.2) is 47.6 Å². The van der Waals surface area contributed by atoms with Crippen molar-refractivity contribution in [2.45, 2.75) is 17.9 Å². The third-order valence-corrected chi connectivity index (χ3v) is 5.39. The van der Waals surface area contributed by atoms with E-state index in [-0.39, 0.29) is 10.8 Å². The maximum atomic E-state index is 13.0. The van der Waals surface area contributed by atoms with Gasteiger partial charge < -0.3 is 19.1 Å². The van der Waals surface area contributed by atoms with Crippen LogP contribution in [0.15, 0.2) is 41.3 Å². The van der Waals surface area contributed by atoms with Gasteiger partial charge in [-0.3, -0.25) is 4.79 Å². The van der Waals surface area contributed by atoms with Gasteiger partial charge in [0.25, 0.3) is 5.91 Å². The van der Waals surface area contributed by atoms with Gasteiger partial charge in [-0.2, -0.15) is 0 Å². The third kappa shape index (κ3) is 4.37. The Morgan fingerprint density at radius 2 is 1.61 bits per heavy atom. The molecule has 152 valence electrons. The average molecular weight is 408 g/mol. The molecule has 0 aliphatic heterocycles. The Bertz CT molecular complexity index is 949. The van der Waals surface area contributed by atoms with E-state index in [0.717, 1.165) is 0 Å². The molecule has 0 aromatic heterocycles. The summed E-state index contributed by atoms with van der Waals surface area (Å²) in [5.74, 6) is 0.816. The molecule has 0 saturated carbocycles. The standard InChI is InChI=1S/C19H24N2O6S/c1-12(13-7-6-8-15(9-13)28(20,23)24)21(2)19(22)14-10-16(25-3)18(27-5)17(11-14)26-4/h6-12H,1-5H3,(H2,20,23,24). The predicted octanol–water partition coefficient (Wildman–Crippen LogP) is 2.19. The van der Waals surface area contributed by atoms with Crippen molar-refractivity contribution in [3.05, 3.63) is 47.5 Å². The molecule has 0 spiro atoms. The normalized spacial score (nSPS) is 12.2. The van der Waals surface area contributed by atoms with Gasteiger partial charge in [-0.25, -0.2) is 13.6 Å². The number of primary sulfonamides is 1. The van der Waals surface area contributed by atoms with Crippen LogP contribution in [0.3, 0.4) is 0 Å². The molecule has 2 N–H and O–H groups in total. The van der Waals surface area contributed by atoms with Crippen molar-refractivity contribution < 1.29 is 27.4 Å². The molecular weight excluding hydrogens is 384 g/mol. The number of ether oxygens (including phenoxy) is 3. The Hall–Kier alpha value is -2.78. The number of hydrogen-bond donors (Lipinski definition) is 1. The van der Waals surface area contributed by atoms with Crippen molar-refractivity contribution in [3.63, 3.8) is 0 Å². The summed E-state index contributed by atoms with van der Waals surface area (Å²) in [4.78, 5) is 14.5. The van der Waals surface area contributed by atoms with E-state index in [1.807, 2.05) is 0 Å². The summed E-state index contributed by atoms with van der Waals surface area (Å²) in [6, 6.07) is 8.91. The predicted molar refractivity (Wildman–Crippen MR) is 104 cm³/mol. The zero-order valence-electron chi connectivity index (χ0n) is 16.4. The van der Waals surface area contributed by atoms with E-state index in [2.05, 4.69) is 0 Å². The van der Waals surface area contributed by atoms with Crippen molar-refractivity contribution >= 4 is 15.9 Å². The van der Waals surface area contributed by atoms with Crippen molar-refractivity contribution in [3.8, 4) is 17.2 Å². The SMILES string of the molecule is COc1cc(C(=O)N(C)C(C)c2cccc(S(N)(=O)=O)c2)cc(OC)c1OC. The highest BCUT2D eigenvalue weighted by Gasteiger charge is 2.23. The summed E-state index contributed by atoms with van der Waals surface area (Å²) in [5, 5.41) is 5.20. The Balaban J connectivity index is 2.39. The summed E-state index contributed by atoms with van der Waals surface area (Å²) in [6.45, 7) is 1.79. The van der Waals surface area contributed by atoms with Gasteiger partial charge in [-0.1, -0.05) is 12.1 Å². The molecule has 2 rings (SSSR count). The minimum absolute atomic E-state index is 0.00881. The second kappa shape index (κ2) is 8.49. The highest BCUT2D eigenvalue weighted by atomic mass is 32.2. The van der Waals surface area contributed by atoms with Crippen molar-refractivity contribution in [2.75, 3.05) is 28.4 Å². The number of rotatable bonds is 7. The number of nitrogens with zero attached hydrogens (tertiary/aromatic N) is 1. The minimum Gasteiger partial charge on any atom is -0.493 e. The lowest BCUT2D eigenvalue weighted by Crippen LogP contribution is -2.30. The summed E-state index contributed by atoms with van der Waals surface area (Å²) in [7, 11) is 2.21. The second-order valence-corrected chi connectivity index (χ2v) is 7.68. The molecule has 1 unspecified atom stereocenters. The van der Waals surface area contributed by atoms with E-state index in [9.17, 15) is 13.2 Å². The Kier molecular flexibility index (Phi) is 6.52. The van der Waals surface area contributed by atoms with E-state index in [0.29, 0.717) is 28.4 Å². The summed E-state index contributed by atoms with van der Waals surface area (Å²) < 4.78 is 39.0. The maximum absolute atomic E-state index is 13.0. The quantitative estimate of drug-likeness (QED) is 0.752. The monoisotopic (exact) mass is 408 g/mol. The highest BCUT2D eigenvalue weighted by Crippen LogP contribution is 2.38. The van der Waals surface area contributed by atoms with Crippen molar-refractivity contribution in [2.24, 2.45) is 5.14 Å². The van der Waals surface area contributed by atoms with Crippen LogP contribution in [0.2, 0.25) is 0 Å². The van der Waals surface area contributed by atoms with E-state index in [1.54, 1.807) is 38.2 Å². The fraction of sp³-hybridized carbons (Fsp3) is 0.316. The Morgan fingerprint density at radius 1 is 1.04 bits per heavy atom. The van der Waals surface area contributed by atoms with Gasteiger partial charge in [0.2, 0.25) is 15.8 Å². The zero-order chi connectivity index (χ0) is 21.1. The number of hydrogen-bond acceptors (Lipinski definition) is 6. The van der Waals surface area contributed by atoms with Gasteiger partial charge >= 0.3 is 0 Å². The first-order valence-electron chi connectivity index (χ1n) is 8.34. The molecular formula is C19H24N2O6S. The second-order valence-electron chi connectivity index (χ2n) is 6.12. The van der Waals surface area contributed by atoms with E-state index in [1.165, 1.54) is 38.4 Å². The molecule has 1 atom stereocenters. The number of benzene rings is 2. The lowest BCUT2D eigenvalue weighted by molar-refractivity contribution is 0.0741. The summed E-state index contributed by atoms with van der Waals surface area (Å²) >= 11 is 0. The molecule has 28 heavy (non-hydrogen) atoms. The van der Waals surface area contributed by atoms with Gasteiger partial charge in [0.1, 0.15) is 0 Å². The number of amides is 1. The minimum atomic E-state index is -3.83. The molecule has 0 aliphatic rings. The number of sulfonamides is 1. The van der Waals surface area contributed by atoms with Crippen LogP contribution in [0.5, 0.6) is 17.2 Å². The van der Waals surface area contributed by atoms with Crippen molar-refractivity contribution in [1.29, 1.82) is 0 Å². The van der Waals surface area contributed by atoms with Gasteiger partial charge in [-0.05, 0) is 36.8 Å². The molecule has 0 fully saturated rings. The van der Waals surface area contributed by atoms with E-state index in [4.69, 9.17) is 19.3 Å². The summed E-state index contributed by atoms with van der Waals surface area (Å²) in [6.07, 6.45) is 0. The smallest absolute Gasteiger partial charge is 0.254 e. The van der Waals surface area contributed by atoms with Gasteiger partial charge in [0, 0.05) is 12.6 Å². The summed E-state index contributed by atoms with van der Waals surface area (Å²) in [5.41, 5.74) is 0.973. The van der Waals surface area contributed by atoms with Gasteiger partial charge in [0.15, 0.2) is 11.5 Å². The fourth-order valence-electron chi connectivity index (χ4n) is 2.76. The Morgan fingerprint density at radius 3 is 2.07 bits per heavy atom. The lowest BCUT2D eigenvalue weighted by Gasteiger charge is -2.26. The number of carbonyl (C=O) groups excluding carboxylic acids is 1. The van der Waals surface area contributed by atoms with E-state index >= 15 is 0 Å². The molecule has 0 radical (unpaired) electrons. The van der Waals surface area contributed by atoms with Crippen LogP contribution in [0.1, 0.15) is 28.9 Å². The zero-order valence-corrected chi connectivity index (χ0v) is 17.2.